The topological polar surface area (TPSA) is 75.3 Å². The zero-order chi connectivity index (χ0) is 11.2. The fourth-order valence-electron chi connectivity index (χ4n) is 1.38. The van der Waals surface area contributed by atoms with Crippen LogP contribution >= 0.6 is 0 Å². The van der Waals surface area contributed by atoms with Gasteiger partial charge in [0.15, 0.2) is 0 Å². The van der Waals surface area contributed by atoms with Gasteiger partial charge in [-0.1, -0.05) is 6.07 Å². The molecule has 0 amide bonds. The Morgan fingerprint density at radius 1 is 1.50 bits per heavy atom. The van der Waals surface area contributed by atoms with E-state index in [1.165, 1.54) is 12.8 Å². The first-order valence-electron chi connectivity index (χ1n) is 5.56. The number of aromatic nitrogens is 1. The van der Waals surface area contributed by atoms with Crippen molar-refractivity contribution in [2.45, 2.75) is 25.3 Å². The maximum absolute atomic E-state index is 5.37. The van der Waals surface area contributed by atoms with Crippen molar-refractivity contribution < 1.29 is 0 Å². The van der Waals surface area contributed by atoms with Crippen molar-refractivity contribution in [1.82, 2.24) is 15.7 Å². The first kappa shape index (κ1) is 10.9. The quantitative estimate of drug-likeness (QED) is 0.292. The summed E-state index contributed by atoms with van der Waals surface area (Å²) < 4.78 is 0. The highest BCUT2D eigenvalue weighted by molar-refractivity contribution is 5.79. The van der Waals surface area contributed by atoms with Crippen molar-refractivity contribution >= 4 is 5.96 Å². The van der Waals surface area contributed by atoms with Crippen molar-refractivity contribution in [2.24, 2.45) is 10.8 Å². The number of hydrogen-bond donors (Lipinski definition) is 3. The van der Waals surface area contributed by atoms with Gasteiger partial charge in [0.2, 0.25) is 5.96 Å². The lowest BCUT2D eigenvalue weighted by Crippen LogP contribution is -2.42. The molecule has 0 aliphatic heterocycles. The second kappa shape index (κ2) is 5.46. The Morgan fingerprint density at radius 2 is 2.38 bits per heavy atom. The maximum atomic E-state index is 5.37. The van der Waals surface area contributed by atoms with Crippen LogP contribution in [0, 0.1) is 0 Å². The zero-order valence-corrected chi connectivity index (χ0v) is 9.19. The number of nitrogens with zero attached hydrogens (tertiary/aromatic N) is 2. The fraction of sp³-hybridized carbons (Fsp3) is 0.455. The van der Waals surface area contributed by atoms with Gasteiger partial charge in [0.1, 0.15) is 0 Å². The molecule has 5 heteroatoms. The molecule has 1 aliphatic rings. The van der Waals surface area contributed by atoms with E-state index >= 15 is 0 Å². The largest absolute Gasteiger partial charge is 0.353 e. The molecule has 1 aliphatic carbocycles. The zero-order valence-electron chi connectivity index (χ0n) is 9.19. The number of hydrazine groups is 1. The second-order valence-corrected chi connectivity index (χ2v) is 3.86. The van der Waals surface area contributed by atoms with Gasteiger partial charge in [0.05, 0.1) is 0 Å². The lowest BCUT2D eigenvalue weighted by atomic mass is 10.3. The Hall–Kier alpha value is -1.62. The van der Waals surface area contributed by atoms with E-state index in [4.69, 9.17) is 5.84 Å². The van der Waals surface area contributed by atoms with Gasteiger partial charge in [-0.3, -0.25) is 15.4 Å². The molecular weight excluding hydrogens is 202 g/mol. The van der Waals surface area contributed by atoms with Crippen LogP contribution in [-0.4, -0.2) is 23.5 Å². The average Bonchev–Trinajstić information content (AvgIpc) is 3.13. The average molecular weight is 219 g/mol. The van der Waals surface area contributed by atoms with Crippen molar-refractivity contribution in [1.29, 1.82) is 0 Å². The van der Waals surface area contributed by atoms with Crippen LogP contribution in [0.15, 0.2) is 29.4 Å². The van der Waals surface area contributed by atoms with Gasteiger partial charge < -0.3 is 5.32 Å². The van der Waals surface area contributed by atoms with Gasteiger partial charge in [-0.25, -0.2) is 5.84 Å². The summed E-state index contributed by atoms with van der Waals surface area (Å²) in [5.41, 5.74) is 3.63. The molecule has 0 aromatic carbocycles. The van der Waals surface area contributed by atoms with E-state index in [2.05, 4.69) is 20.7 Å². The van der Waals surface area contributed by atoms with Crippen LogP contribution in [-0.2, 0) is 6.42 Å². The molecule has 16 heavy (non-hydrogen) atoms. The predicted octanol–water partition coefficient (Wildman–Crippen LogP) is 0.195. The summed E-state index contributed by atoms with van der Waals surface area (Å²) in [5.74, 6) is 6.05. The molecule has 4 N–H and O–H groups in total. The number of aliphatic imine (C=N–C) groups is 1. The Labute approximate surface area is 95.1 Å². The summed E-state index contributed by atoms with van der Waals surface area (Å²) in [4.78, 5) is 8.58. The van der Waals surface area contributed by atoms with E-state index in [0.717, 1.165) is 12.1 Å². The molecular formula is C11H17N5. The summed E-state index contributed by atoms with van der Waals surface area (Å²) in [7, 11) is 0. The molecule has 1 aromatic rings. The molecule has 5 nitrogen and oxygen atoms in total. The van der Waals surface area contributed by atoms with E-state index in [-0.39, 0.29) is 0 Å². The molecule has 0 bridgehead atoms. The Balaban J connectivity index is 1.78. The molecule has 0 spiro atoms. The van der Waals surface area contributed by atoms with Crippen molar-refractivity contribution in [3.63, 3.8) is 0 Å². The Bertz CT molecular complexity index is 345. The van der Waals surface area contributed by atoms with E-state index in [0.29, 0.717) is 18.5 Å². The molecule has 2 rings (SSSR count). The molecule has 1 heterocycles. The lowest BCUT2D eigenvalue weighted by molar-refractivity contribution is 0.812. The molecule has 1 fully saturated rings. The van der Waals surface area contributed by atoms with Gasteiger partial charge in [-0.15, -0.1) is 0 Å². The third kappa shape index (κ3) is 3.51. The summed E-state index contributed by atoms with van der Waals surface area (Å²) in [6.07, 6.45) is 5.05. The maximum Gasteiger partial charge on any atom is 0.205 e. The van der Waals surface area contributed by atoms with Crippen molar-refractivity contribution in [2.75, 3.05) is 6.54 Å². The van der Waals surface area contributed by atoms with Gasteiger partial charge in [0, 0.05) is 30.9 Å². The standard InChI is InChI=1S/C11H17N5/c12-16-11(15-10-4-5-10)14-8-6-9-3-1-2-7-13-9/h1-3,7,10H,4-6,8,12H2,(H2,14,15,16). The van der Waals surface area contributed by atoms with Gasteiger partial charge >= 0.3 is 0 Å². The molecule has 1 aromatic heterocycles. The summed E-state index contributed by atoms with van der Waals surface area (Å²) in [6, 6.07) is 6.45. The van der Waals surface area contributed by atoms with E-state index < -0.39 is 0 Å². The summed E-state index contributed by atoms with van der Waals surface area (Å²) in [6.45, 7) is 0.691. The van der Waals surface area contributed by atoms with Crippen molar-refractivity contribution in [3.8, 4) is 0 Å². The van der Waals surface area contributed by atoms with E-state index in [1.54, 1.807) is 6.20 Å². The monoisotopic (exact) mass is 219 g/mol. The highest BCUT2D eigenvalue weighted by atomic mass is 15.3. The molecule has 0 radical (unpaired) electrons. The van der Waals surface area contributed by atoms with E-state index in [1.807, 2.05) is 18.2 Å². The number of guanidine groups is 1. The van der Waals surface area contributed by atoms with Crippen LogP contribution in [0.5, 0.6) is 0 Å². The van der Waals surface area contributed by atoms with Gasteiger partial charge in [-0.2, -0.15) is 0 Å². The van der Waals surface area contributed by atoms with Crippen LogP contribution < -0.4 is 16.6 Å². The van der Waals surface area contributed by atoms with E-state index in [9.17, 15) is 0 Å². The van der Waals surface area contributed by atoms with Gasteiger partial charge in [-0.05, 0) is 25.0 Å². The molecule has 1 saturated carbocycles. The molecule has 0 saturated heterocycles. The second-order valence-electron chi connectivity index (χ2n) is 3.86. The summed E-state index contributed by atoms with van der Waals surface area (Å²) >= 11 is 0. The molecule has 86 valence electrons. The highest BCUT2D eigenvalue weighted by Gasteiger charge is 2.21. The van der Waals surface area contributed by atoms with Gasteiger partial charge in [0.25, 0.3) is 0 Å². The molecule has 0 unspecified atom stereocenters. The van der Waals surface area contributed by atoms with Crippen LogP contribution in [0.25, 0.3) is 0 Å². The molecule has 0 atom stereocenters. The van der Waals surface area contributed by atoms with Crippen LogP contribution in [0.4, 0.5) is 0 Å². The third-order valence-electron chi connectivity index (χ3n) is 2.42. The minimum Gasteiger partial charge on any atom is -0.353 e. The fourth-order valence-corrected chi connectivity index (χ4v) is 1.38. The first-order chi connectivity index (χ1) is 7.88. The van der Waals surface area contributed by atoms with Crippen LogP contribution in [0.3, 0.4) is 0 Å². The minimum absolute atomic E-state index is 0.560. The number of pyridine rings is 1. The first-order valence-corrected chi connectivity index (χ1v) is 5.56. The number of nitrogens with two attached hydrogens (primary N) is 1. The SMILES string of the molecule is NNC(=NCCc1ccccn1)NC1CC1. The smallest absolute Gasteiger partial charge is 0.205 e. The Morgan fingerprint density at radius 3 is 3.00 bits per heavy atom. The number of hydrogen-bond acceptors (Lipinski definition) is 3. The van der Waals surface area contributed by atoms with Crippen LogP contribution in [0.1, 0.15) is 18.5 Å². The third-order valence-corrected chi connectivity index (χ3v) is 2.42. The summed E-state index contributed by atoms with van der Waals surface area (Å²) in [5, 5.41) is 3.22. The minimum atomic E-state index is 0.560. The highest BCUT2D eigenvalue weighted by Crippen LogP contribution is 2.18. The lowest BCUT2D eigenvalue weighted by Gasteiger charge is -2.07. The van der Waals surface area contributed by atoms with Crippen LogP contribution in [0.2, 0.25) is 0 Å². The number of nitrogens with one attached hydrogen (secondary N) is 2. The Kier molecular flexibility index (Phi) is 3.71. The normalized spacial score (nSPS) is 15.9. The number of rotatable bonds is 4. The predicted molar refractivity (Wildman–Crippen MR) is 63.7 cm³/mol. The van der Waals surface area contributed by atoms with Crippen molar-refractivity contribution in [3.05, 3.63) is 30.1 Å².